The van der Waals surface area contributed by atoms with Crippen molar-refractivity contribution in [1.82, 2.24) is 0 Å². The molecule has 1 fully saturated rings. The molecule has 2 heterocycles. The van der Waals surface area contributed by atoms with Gasteiger partial charge in [-0.3, -0.25) is 4.79 Å². The smallest absolute Gasteiger partial charge is 0.168 e. The maximum Gasteiger partial charge on any atom is 0.168 e. The van der Waals surface area contributed by atoms with Crippen molar-refractivity contribution >= 4 is 5.78 Å². The van der Waals surface area contributed by atoms with E-state index in [1.165, 1.54) is 0 Å². The molecule has 0 unspecified atom stereocenters. The molecule has 1 aromatic rings. The van der Waals surface area contributed by atoms with Gasteiger partial charge in [-0.05, 0) is 19.4 Å². The number of fused-ring (bicyclic) bond motifs is 2. The molecule has 3 rings (SSSR count). The summed E-state index contributed by atoms with van der Waals surface area (Å²) >= 11 is 0. The van der Waals surface area contributed by atoms with Crippen molar-refractivity contribution < 1.29 is 14.3 Å². The molecule has 0 saturated carbocycles. The first-order chi connectivity index (χ1) is 9.01. The Morgan fingerprint density at radius 1 is 1.26 bits per heavy atom. The third-order valence-electron chi connectivity index (χ3n) is 3.82. The highest BCUT2D eigenvalue weighted by Gasteiger charge is 2.53. The summed E-state index contributed by atoms with van der Waals surface area (Å²) < 4.78 is 11.8. The van der Waals surface area contributed by atoms with Gasteiger partial charge in [0.15, 0.2) is 5.78 Å². The van der Waals surface area contributed by atoms with Gasteiger partial charge in [-0.15, -0.1) is 0 Å². The predicted molar refractivity (Wildman–Crippen MR) is 71.7 cm³/mol. The van der Waals surface area contributed by atoms with Crippen molar-refractivity contribution in [2.24, 2.45) is 0 Å². The Hall–Kier alpha value is -1.45. The average molecular weight is 258 g/mol. The number of hydrogen-bond acceptors (Lipinski definition) is 3. The first-order valence-electron chi connectivity index (χ1n) is 6.60. The van der Waals surface area contributed by atoms with Crippen molar-refractivity contribution in [2.45, 2.75) is 44.2 Å². The second kappa shape index (κ2) is 4.29. The molecule has 2 aliphatic rings. The fourth-order valence-electron chi connectivity index (χ4n) is 2.92. The van der Waals surface area contributed by atoms with Gasteiger partial charge in [0.05, 0.1) is 12.2 Å². The highest BCUT2D eigenvalue weighted by Crippen LogP contribution is 2.42. The second-order valence-electron chi connectivity index (χ2n) is 5.75. The van der Waals surface area contributed by atoms with E-state index in [0.717, 1.165) is 5.56 Å². The van der Waals surface area contributed by atoms with Crippen LogP contribution >= 0.6 is 0 Å². The summed E-state index contributed by atoms with van der Waals surface area (Å²) in [4.78, 5) is 12.2. The number of rotatable bonds is 3. The van der Waals surface area contributed by atoms with E-state index in [1.807, 2.05) is 56.3 Å². The summed E-state index contributed by atoms with van der Waals surface area (Å²) in [5.74, 6) is 0.122. The van der Waals surface area contributed by atoms with Crippen LogP contribution in [0, 0.1) is 0 Å². The van der Waals surface area contributed by atoms with E-state index in [4.69, 9.17) is 9.47 Å². The molecular formula is C16H18O3. The van der Waals surface area contributed by atoms with Gasteiger partial charge in [0, 0.05) is 6.42 Å². The summed E-state index contributed by atoms with van der Waals surface area (Å²) in [5.41, 5.74) is -0.00803. The van der Waals surface area contributed by atoms with Gasteiger partial charge in [0.2, 0.25) is 0 Å². The zero-order valence-corrected chi connectivity index (χ0v) is 11.3. The van der Waals surface area contributed by atoms with Crippen molar-refractivity contribution in [2.75, 3.05) is 0 Å². The largest absolute Gasteiger partial charge is 0.362 e. The van der Waals surface area contributed by atoms with Crippen molar-refractivity contribution in [3.8, 4) is 0 Å². The van der Waals surface area contributed by atoms with Gasteiger partial charge in [0.1, 0.15) is 11.7 Å². The minimum atomic E-state index is -0.626. The highest BCUT2D eigenvalue weighted by molar-refractivity contribution is 5.87. The van der Waals surface area contributed by atoms with E-state index >= 15 is 0 Å². The standard InChI is InChI=1S/C16H18O3/c1-15-8-9-16(2,19-15)14(13(17)10-15)18-11-12-6-4-3-5-7-12/h3-9,14H,10-11H2,1-2H3/t14-,15+,16-/m0/s1. The Morgan fingerprint density at radius 2 is 2.00 bits per heavy atom. The van der Waals surface area contributed by atoms with Gasteiger partial charge in [0.25, 0.3) is 0 Å². The Morgan fingerprint density at radius 3 is 2.74 bits per heavy atom. The van der Waals surface area contributed by atoms with E-state index < -0.39 is 17.3 Å². The quantitative estimate of drug-likeness (QED) is 0.782. The highest BCUT2D eigenvalue weighted by atomic mass is 16.6. The molecule has 3 atom stereocenters. The predicted octanol–water partition coefficient (Wildman–Crippen LogP) is 2.65. The van der Waals surface area contributed by atoms with E-state index in [1.54, 1.807) is 0 Å². The molecule has 100 valence electrons. The third kappa shape index (κ3) is 2.24. The SMILES string of the molecule is C[C@]12C=C[C@](C)(O1)[C@@H](OCc1ccccc1)C(=O)C2. The molecular weight excluding hydrogens is 240 g/mol. The Bertz CT molecular complexity index is 522. The average Bonchev–Trinajstić information content (AvgIpc) is 2.62. The number of hydrogen-bond donors (Lipinski definition) is 0. The first kappa shape index (κ1) is 12.6. The summed E-state index contributed by atoms with van der Waals surface area (Å²) in [6, 6.07) is 9.87. The summed E-state index contributed by atoms with van der Waals surface area (Å²) in [6.07, 6.45) is 3.82. The Kier molecular flexibility index (Phi) is 2.84. The van der Waals surface area contributed by atoms with E-state index in [0.29, 0.717) is 13.0 Å². The van der Waals surface area contributed by atoms with Crippen LogP contribution in [0.2, 0.25) is 0 Å². The van der Waals surface area contributed by atoms with Crippen LogP contribution in [0.1, 0.15) is 25.8 Å². The molecule has 2 bridgehead atoms. The maximum atomic E-state index is 12.2. The van der Waals surface area contributed by atoms with Crippen LogP contribution in [0.15, 0.2) is 42.5 Å². The van der Waals surface area contributed by atoms with Gasteiger partial charge >= 0.3 is 0 Å². The minimum Gasteiger partial charge on any atom is -0.362 e. The van der Waals surface area contributed by atoms with Crippen LogP contribution < -0.4 is 0 Å². The maximum absolute atomic E-state index is 12.2. The molecule has 2 aliphatic heterocycles. The molecule has 19 heavy (non-hydrogen) atoms. The molecule has 0 aliphatic carbocycles. The second-order valence-corrected chi connectivity index (χ2v) is 5.75. The zero-order valence-electron chi connectivity index (χ0n) is 11.3. The molecule has 0 amide bonds. The van der Waals surface area contributed by atoms with Crippen LogP contribution in [0.5, 0.6) is 0 Å². The molecule has 3 heteroatoms. The number of benzene rings is 1. The molecule has 1 aromatic carbocycles. The fraction of sp³-hybridized carbons (Fsp3) is 0.438. The molecule has 0 aromatic heterocycles. The van der Waals surface area contributed by atoms with E-state index in [-0.39, 0.29) is 5.78 Å². The lowest BCUT2D eigenvalue weighted by molar-refractivity contribution is -0.190. The minimum absolute atomic E-state index is 0.122. The van der Waals surface area contributed by atoms with Crippen molar-refractivity contribution in [1.29, 1.82) is 0 Å². The number of carbonyl (C=O) groups is 1. The molecule has 0 radical (unpaired) electrons. The van der Waals surface area contributed by atoms with Crippen LogP contribution in [0.4, 0.5) is 0 Å². The fourth-order valence-corrected chi connectivity index (χ4v) is 2.92. The number of Topliss-reactive ketones (excluding diaryl/α,β-unsaturated/α-hetero) is 1. The van der Waals surface area contributed by atoms with Gasteiger partial charge in [-0.25, -0.2) is 0 Å². The lowest BCUT2D eigenvalue weighted by Gasteiger charge is -2.40. The van der Waals surface area contributed by atoms with Gasteiger partial charge in [-0.1, -0.05) is 42.5 Å². The molecule has 0 N–H and O–H groups in total. The van der Waals surface area contributed by atoms with Crippen LogP contribution in [-0.4, -0.2) is 23.1 Å². The molecule has 3 nitrogen and oxygen atoms in total. The van der Waals surface area contributed by atoms with Crippen LogP contribution in [-0.2, 0) is 20.9 Å². The van der Waals surface area contributed by atoms with Crippen LogP contribution in [0.25, 0.3) is 0 Å². The van der Waals surface area contributed by atoms with Crippen molar-refractivity contribution in [3.63, 3.8) is 0 Å². The lowest BCUT2D eigenvalue weighted by Crippen LogP contribution is -2.54. The third-order valence-corrected chi connectivity index (χ3v) is 3.82. The zero-order chi connectivity index (χ0) is 13.5. The lowest BCUT2D eigenvalue weighted by atomic mass is 9.89. The monoisotopic (exact) mass is 258 g/mol. The van der Waals surface area contributed by atoms with E-state index in [2.05, 4.69) is 0 Å². The first-order valence-corrected chi connectivity index (χ1v) is 6.60. The number of ether oxygens (including phenoxy) is 2. The van der Waals surface area contributed by atoms with Crippen molar-refractivity contribution in [3.05, 3.63) is 48.0 Å². The molecule has 1 saturated heterocycles. The summed E-state index contributed by atoms with van der Waals surface area (Å²) in [7, 11) is 0. The Balaban J connectivity index is 1.74. The van der Waals surface area contributed by atoms with Crippen LogP contribution in [0.3, 0.4) is 0 Å². The number of ketones is 1. The molecule has 0 spiro atoms. The normalized spacial score (nSPS) is 36.7. The number of carbonyl (C=O) groups excluding carboxylic acids is 1. The summed E-state index contributed by atoms with van der Waals surface area (Å²) in [6.45, 7) is 4.29. The van der Waals surface area contributed by atoms with Gasteiger partial charge in [-0.2, -0.15) is 0 Å². The van der Waals surface area contributed by atoms with Gasteiger partial charge < -0.3 is 9.47 Å². The topological polar surface area (TPSA) is 35.5 Å². The van der Waals surface area contributed by atoms with E-state index in [9.17, 15) is 4.79 Å². The Labute approximate surface area is 113 Å². The summed E-state index contributed by atoms with van der Waals surface area (Å²) in [5, 5.41) is 0.